The fraction of sp³-hybridized carbons (Fsp3) is 0.296. The second kappa shape index (κ2) is 9.45. The fourth-order valence-corrected chi connectivity index (χ4v) is 3.77. The highest BCUT2D eigenvalue weighted by atomic mass is 16.5. The van der Waals surface area contributed by atoms with Crippen LogP contribution in [0, 0.1) is 0 Å². The molecule has 1 aromatic heterocycles. The van der Waals surface area contributed by atoms with Crippen LogP contribution in [0.25, 0.3) is 0 Å². The summed E-state index contributed by atoms with van der Waals surface area (Å²) in [5.41, 5.74) is 4.15. The Bertz CT molecular complexity index is 1160. The minimum atomic E-state index is -0.178. The Labute approximate surface area is 194 Å². The number of hydrogen-bond donors (Lipinski definition) is 1. The highest BCUT2D eigenvalue weighted by Crippen LogP contribution is 2.38. The number of anilines is 1. The Kier molecular flexibility index (Phi) is 6.45. The second-order valence-corrected chi connectivity index (χ2v) is 8.89. The number of ether oxygens (including phenoxy) is 1. The fourth-order valence-electron chi connectivity index (χ4n) is 3.77. The summed E-state index contributed by atoms with van der Waals surface area (Å²) in [6.07, 6.45) is 2.68. The number of benzene rings is 2. The van der Waals surface area contributed by atoms with Gasteiger partial charge >= 0.3 is 0 Å². The summed E-state index contributed by atoms with van der Waals surface area (Å²) >= 11 is 0. The summed E-state index contributed by atoms with van der Waals surface area (Å²) in [6.45, 7) is 7.27. The average Bonchev–Trinajstić information content (AvgIpc) is 2.84. The van der Waals surface area contributed by atoms with Gasteiger partial charge in [0, 0.05) is 11.8 Å². The molecule has 0 aliphatic carbocycles. The molecule has 0 saturated heterocycles. The summed E-state index contributed by atoms with van der Waals surface area (Å²) < 4.78 is 5.68. The zero-order chi connectivity index (χ0) is 23.4. The first kappa shape index (κ1) is 22.5. The van der Waals surface area contributed by atoms with Crippen molar-refractivity contribution in [2.75, 3.05) is 11.5 Å². The minimum Gasteiger partial charge on any atom is -0.482 e. The Morgan fingerprint density at radius 2 is 1.97 bits per heavy atom. The van der Waals surface area contributed by atoms with E-state index in [2.05, 4.69) is 43.2 Å². The molecule has 0 spiro atoms. The van der Waals surface area contributed by atoms with Crippen LogP contribution in [0.2, 0.25) is 0 Å². The Balaban J connectivity index is 1.54. The van der Waals surface area contributed by atoms with Gasteiger partial charge in [0.15, 0.2) is 6.61 Å². The van der Waals surface area contributed by atoms with Crippen molar-refractivity contribution in [2.45, 2.75) is 45.7 Å². The first-order valence-electron chi connectivity index (χ1n) is 11.2. The van der Waals surface area contributed by atoms with Crippen LogP contribution in [0.5, 0.6) is 5.75 Å². The third-order valence-corrected chi connectivity index (χ3v) is 6.25. The van der Waals surface area contributed by atoms with Gasteiger partial charge in [0.2, 0.25) is 0 Å². The largest absolute Gasteiger partial charge is 0.482 e. The lowest BCUT2D eigenvalue weighted by atomic mass is 9.82. The summed E-state index contributed by atoms with van der Waals surface area (Å²) in [7, 11) is 0. The van der Waals surface area contributed by atoms with E-state index in [1.54, 1.807) is 17.2 Å². The molecule has 0 unspecified atom stereocenters. The van der Waals surface area contributed by atoms with Gasteiger partial charge in [0.25, 0.3) is 11.8 Å². The molecule has 2 aromatic carbocycles. The quantitative estimate of drug-likeness (QED) is 0.578. The van der Waals surface area contributed by atoms with Crippen LogP contribution in [0.15, 0.2) is 66.9 Å². The highest BCUT2D eigenvalue weighted by molar-refractivity contribution is 5.98. The van der Waals surface area contributed by atoms with Crippen molar-refractivity contribution in [1.82, 2.24) is 10.3 Å². The minimum absolute atomic E-state index is 0.00713. The van der Waals surface area contributed by atoms with E-state index >= 15 is 0 Å². The summed E-state index contributed by atoms with van der Waals surface area (Å²) in [4.78, 5) is 31.4. The summed E-state index contributed by atoms with van der Waals surface area (Å²) in [5, 5.41) is 2.90. The molecule has 2 heterocycles. The predicted molar refractivity (Wildman–Crippen MR) is 128 cm³/mol. The van der Waals surface area contributed by atoms with E-state index in [-0.39, 0.29) is 23.8 Å². The van der Waals surface area contributed by atoms with Crippen LogP contribution in [0.4, 0.5) is 5.69 Å². The van der Waals surface area contributed by atoms with Crippen molar-refractivity contribution in [3.8, 4) is 5.75 Å². The number of rotatable bonds is 7. The standard InChI is InChI=1S/C27H29N3O3/c1-4-27(2,3)21-11-12-24-23(15-21)30(25(31)18-33-24)17-19-8-7-9-20(14-19)26(32)29-16-22-10-5-6-13-28-22/h5-15H,4,16-18H2,1-3H3,(H,29,32). The van der Waals surface area contributed by atoms with E-state index in [1.165, 1.54) is 0 Å². The molecule has 0 saturated carbocycles. The van der Waals surface area contributed by atoms with Gasteiger partial charge in [-0.1, -0.05) is 45.0 Å². The lowest BCUT2D eigenvalue weighted by Crippen LogP contribution is -2.38. The maximum Gasteiger partial charge on any atom is 0.265 e. The molecule has 3 aromatic rings. The number of hydrogen-bond acceptors (Lipinski definition) is 4. The smallest absolute Gasteiger partial charge is 0.265 e. The summed E-state index contributed by atoms with van der Waals surface area (Å²) in [6, 6.07) is 19.0. The average molecular weight is 444 g/mol. The van der Waals surface area contributed by atoms with Crippen molar-refractivity contribution in [3.63, 3.8) is 0 Å². The lowest BCUT2D eigenvalue weighted by Gasteiger charge is -2.32. The zero-order valence-corrected chi connectivity index (χ0v) is 19.3. The lowest BCUT2D eigenvalue weighted by molar-refractivity contribution is -0.121. The van der Waals surface area contributed by atoms with Crippen molar-refractivity contribution < 1.29 is 14.3 Å². The molecule has 33 heavy (non-hydrogen) atoms. The van der Waals surface area contributed by atoms with Gasteiger partial charge in [-0.25, -0.2) is 0 Å². The molecule has 0 bridgehead atoms. The maximum absolute atomic E-state index is 12.8. The zero-order valence-electron chi connectivity index (χ0n) is 19.3. The number of carbonyl (C=O) groups excluding carboxylic acids is 2. The topological polar surface area (TPSA) is 71.5 Å². The van der Waals surface area contributed by atoms with Crippen molar-refractivity contribution in [3.05, 3.63) is 89.2 Å². The van der Waals surface area contributed by atoms with Crippen LogP contribution in [0.3, 0.4) is 0 Å². The van der Waals surface area contributed by atoms with E-state index in [4.69, 9.17) is 4.74 Å². The van der Waals surface area contributed by atoms with E-state index < -0.39 is 0 Å². The highest BCUT2D eigenvalue weighted by Gasteiger charge is 2.28. The molecule has 0 radical (unpaired) electrons. The SMILES string of the molecule is CCC(C)(C)c1ccc2c(c1)N(Cc1cccc(C(=O)NCc3ccccn3)c1)C(=O)CO2. The number of pyridine rings is 1. The molecular weight excluding hydrogens is 414 g/mol. The van der Waals surface area contributed by atoms with Crippen LogP contribution in [-0.2, 0) is 23.3 Å². The van der Waals surface area contributed by atoms with Crippen LogP contribution in [0.1, 0.15) is 54.4 Å². The number of nitrogens with one attached hydrogen (secondary N) is 1. The molecule has 0 atom stereocenters. The molecule has 1 aliphatic heterocycles. The van der Waals surface area contributed by atoms with Crippen molar-refractivity contribution >= 4 is 17.5 Å². The molecule has 1 aliphatic rings. The molecular formula is C27H29N3O3. The molecule has 1 N–H and O–H groups in total. The number of nitrogens with zero attached hydrogens (tertiary/aromatic N) is 2. The Hall–Kier alpha value is -3.67. The van der Waals surface area contributed by atoms with Gasteiger partial charge in [-0.2, -0.15) is 0 Å². The van der Waals surface area contributed by atoms with Crippen molar-refractivity contribution in [2.24, 2.45) is 0 Å². The van der Waals surface area contributed by atoms with Gasteiger partial charge in [-0.05, 0) is 59.4 Å². The molecule has 0 fully saturated rings. The molecule has 170 valence electrons. The van der Waals surface area contributed by atoms with E-state index in [0.717, 1.165) is 28.9 Å². The van der Waals surface area contributed by atoms with E-state index in [0.29, 0.717) is 24.4 Å². The van der Waals surface area contributed by atoms with Gasteiger partial charge in [-0.15, -0.1) is 0 Å². The molecule has 6 heteroatoms. The predicted octanol–water partition coefficient (Wildman–Crippen LogP) is 4.62. The third-order valence-electron chi connectivity index (χ3n) is 6.25. The number of carbonyl (C=O) groups is 2. The number of amides is 2. The van der Waals surface area contributed by atoms with Gasteiger partial charge in [-0.3, -0.25) is 14.6 Å². The first-order chi connectivity index (χ1) is 15.9. The molecule has 4 rings (SSSR count). The first-order valence-corrected chi connectivity index (χ1v) is 11.2. The Morgan fingerprint density at radius 1 is 1.12 bits per heavy atom. The number of aromatic nitrogens is 1. The van der Waals surface area contributed by atoms with Crippen molar-refractivity contribution in [1.29, 1.82) is 0 Å². The number of fused-ring (bicyclic) bond motifs is 1. The molecule has 6 nitrogen and oxygen atoms in total. The maximum atomic E-state index is 12.8. The van der Waals surface area contributed by atoms with Gasteiger partial charge in [0.05, 0.1) is 24.5 Å². The normalized spacial score (nSPS) is 13.3. The second-order valence-electron chi connectivity index (χ2n) is 8.89. The van der Waals surface area contributed by atoms with Gasteiger partial charge < -0.3 is 15.0 Å². The monoisotopic (exact) mass is 443 g/mol. The summed E-state index contributed by atoms with van der Waals surface area (Å²) in [5.74, 6) is 0.427. The van der Waals surface area contributed by atoms with Gasteiger partial charge in [0.1, 0.15) is 5.75 Å². The van der Waals surface area contributed by atoms with E-state index in [9.17, 15) is 9.59 Å². The van der Waals surface area contributed by atoms with Crippen LogP contribution >= 0.6 is 0 Å². The Morgan fingerprint density at radius 3 is 2.73 bits per heavy atom. The molecule has 2 amide bonds. The van der Waals surface area contributed by atoms with Crippen LogP contribution in [-0.4, -0.2) is 23.4 Å². The third kappa shape index (κ3) is 5.06. The van der Waals surface area contributed by atoms with E-state index in [1.807, 2.05) is 42.5 Å². The van der Waals surface area contributed by atoms with Crippen LogP contribution < -0.4 is 15.0 Å².